The van der Waals surface area contributed by atoms with Gasteiger partial charge in [0.1, 0.15) is 17.6 Å². The lowest BCUT2D eigenvalue weighted by Gasteiger charge is -2.17. The Bertz CT molecular complexity index is 820. The predicted molar refractivity (Wildman–Crippen MR) is 110 cm³/mol. The van der Waals surface area contributed by atoms with Crippen molar-refractivity contribution in [3.8, 4) is 5.75 Å². The molecular formula is C22H27N3OS. The van der Waals surface area contributed by atoms with Crippen molar-refractivity contribution in [3.05, 3.63) is 70.4 Å². The number of hydrogen-bond acceptors (Lipinski definition) is 4. The van der Waals surface area contributed by atoms with Gasteiger partial charge in [-0.05, 0) is 61.2 Å². The number of nitrogens with one attached hydrogen (secondary N) is 1. The third-order valence-electron chi connectivity index (χ3n) is 5.23. The summed E-state index contributed by atoms with van der Waals surface area (Å²) in [6.45, 7) is 0.901. The van der Waals surface area contributed by atoms with E-state index < -0.39 is 0 Å². The van der Waals surface area contributed by atoms with Crippen LogP contribution in [0.5, 0.6) is 5.75 Å². The molecule has 1 aromatic carbocycles. The minimum absolute atomic E-state index is 0.134. The average Bonchev–Trinajstić information content (AvgIpc) is 3.44. The van der Waals surface area contributed by atoms with Gasteiger partial charge in [-0.1, -0.05) is 18.2 Å². The predicted octanol–water partition coefficient (Wildman–Crippen LogP) is 4.72. The molecule has 3 aromatic rings. The second-order valence-electron chi connectivity index (χ2n) is 7.22. The average molecular weight is 382 g/mol. The van der Waals surface area contributed by atoms with Crippen molar-refractivity contribution in [3.63, 3.8) is 0 Å². The maximum atomic E-state index is 6.06. The van der Waals surface area contributed by atoms with E-state index in [9.17, 15) is 0 Å². The normalized spacial score (nSPS) is 15.9. The zero-order valence-electron chi connectivity index (χ0n) is 15.8. The second-order valence-corrected chi connectivity index (χ2v) is 8.20. The molecule has 1 N–H and O–H groups in total. The van der Waals surface area contributed by atoms with E-state index in [1.807, 2.05) is 19.4 Å². The fourth-order valence-electron chi connectivity index (χ4n) is 3.72. The first-order valence-electron chi connectivity index (χ1n) is 9.79. The Morgan fingerprint density at radius 3 is 2.70 bits per heavy atom. The van der Waals surface area contributed by atoms with Gasteiger partial charge in [-0.15, -0.1) is 11.3 Å². The van der Waals surface area contributed by atoms with Crippen LogP contribution in [-0.2, 0) is 13.5 Å². The topological polar surface area (TPSA) is 39.1 Å². The quantitative estimate of drug-likeness (QED) is 0.613. The van der Waals surface area contributed by atoms with E-state index in [0.29, 0.717) is 6.10 Å². The van der Waals surface area contributed by atoms with Gasteiger partial charge in [0.15, 0.2) is 0 Å². The van der Waals surface area contributed by atoms with Crippen LogP contribution in [0.2, 0.25) is 0 Å². The summed E-state index contributed by atoms with van der Waals surface area (Å²) >= 11 is 1.77. The van der Waals surface area contributed by atoms with Crippen LogP contribution < -0.4 is 10.1 Å². The van der Waals surface area contributed by atoms with Gasteiger partial charge in [0.25, 0.3) is 0 Å². The summed E-state index contributed by atoms with van der Waals surface area (Å²) in [4.78, 5) is 5.84. The van der Waals surface area contributed by atoms with Gasteiger partial charge in [0.2, 0.25) is 0 Å². The number of thiophene rings is 1. The molecule has 0 saturated heterocycles. The van der Waals surface area contributed by atoms with E-state index in [4.69, 9.17) is 4.74 Å². The summed E-state index contributed by atoms with van der Waals surface area (Å²) in [7, 11) is 2.05. The second kappa shape index (κ2) is 8.72. The van der Waals surface area contributed by atoms with Crippen molar-refractivity contribution < 1.29 is 4.74 Å². The number of ether oxygens (including phenoxy) is 1. The van der Waals surface area contributed by atoms with Crippen LogP contribution in [0.3, 0.4) is 0 Å². The van der Waals surface area contributed by atoms with Gasteiger partial charge in [-0.3, -0.25) is 0 Å². The number of aryl methyl sites for hydroxylation is 1. The fraction of sp³-hybridized carbons (Fsp3) is 0.409. The molecule has 0 amide bonds. The number of benzene rings is 1. The van der Waals surface area contributed by atoms with Gasteiger partial charge in [-0.2, -0.15) is 0 Å². The van der Waals surface area contributed by atoms with E-state index in [-0.39, 0.29) is 6.04 Å². The Balaban J connectivity index is 1.34. The summed E-state index contributed by atoms with van der Waals surface area (Å²) in [5, 5.41) is 5.80. The van der Waals surface area contributed by atoms with E-state index in [1.165, 1.54) is 36.1 Å². The Kier molecular flexibility index (Phi) is 5.90. The Labute approximate surface area is 165 Å². The lowest BCUT2D eigenvalue weighted by Crippen LogP contribution is -2.26. The van der Waals surface area contributed by atoms with E-state index in [2.05, 4.69) is 56.6 Å². The smallest absolute Gasteiger partial charge is 0.131 e. The molecule has 1 aliphatic rings. The number of aromatic nitrogens is 2. The molecule has 0 unspecified atom stereocenters. The van der Waals surface area contributed by atoms with Crippen LogP contribution in [-0.4, -0.2) is 22.2 Å². The van der Waals surface area contributed by atoms with Crippen molar-refractivity contribution in [1.82, 2.24) is 14.9 Å². The third kappa shape index (κ3) is 4.60. The molecule has 142 valence electrons. The highest BCUT2D eigenvalue weighted by Gasteiger charge is 2.19. The van der Waals surface area contributed by atoms with Gasteiger partial charge in [0, 0.05) is 30.9 Å². The van der Waals surface area contributed by atoms with Gasteiger partial charge in [0.05, 0.1) is 6.10 Å². The summed E-state index contributed by atoms with van der Waals surface area (Å²) < 4.78 is 8.15. The molecule has 0 aliphatic heterocycles. The molecule has 1 fully saturated rings. The van der Waals surface area contributed by atoms with Crippen LogP contribution in [0.25, 0.3) is 0 Å². The summed E-state index contributed by atoms with van der Waals surface area (Å²) in [5.74, 6) is 2.06. The largest absolute Gasteiger partial charge is 0.490 e. The monoisotopic (exact) mass is 381 g/mol. The standard InChI is InChI=1S/C22H27N3OS/c1-25-15-14-24-22(25)21(20-7-4-16-27-20)23-13-12-17-8-10-19(11-9-17)26-18-5-2-3-6-18/h4,7-11,14-16,18,21,23H,2-3,5-6,12-13H2,1H3/t21-/m1/s1. The zero-order chi connectivity index (χ0) is 18.5. The number of hydrogen-bond donors (Lipinski definition) is 1. The minimum Gasteiger partial charge on any atom is -0.490 e. The van der Waals surface area contributed by atoms with Crippen molar-refractivity contribution in [1.29, 1.82) is 0 Å². The van der Waals surface area contributed by atoms with Crippen molar-refractivity contribution in [2.75, 3.05) is 6.54 Å². The minimum atomic E-state index is 0.134. The van der Waals surface area contributed by atoms with Crippen molar-refractivity contribution in [2.24, 2.45) is 7.05 Å². The highest BCUT2D eigenvalue weighted by atomic mass is 32.1. The van der Waals surface area contributed by atoms with Gasteiger partial charge >= 0.3 is 0 Å². The Hall–Kier alpha value is -2.11. The van der Waals surface area contributed by atoms with Gasteiger partial charge < -0.3 is 14.6 Å². The van der Waals surface area contributed by atoms with Crippen LogP contribution in [0.4, 0.5) is 0 Å². The maximum Gasteiger partial charge on any atom is 0.131 e. The van der Waals surface area contributed by atoms with Crippen LogP contribution >= 0.6 is 11.3 Å². The van der Waals surface area contributed by atoms with Crippen molar-refractivity contribution in [2.45, 2.75) is 44.2 Å². The third-order valence-corrected chi connectivity index (χ3v) is 6.17. The van der Waals surface area contributed by atoms with E-state index in [1.54, 1.807) is 11.3 Å². The molecular weight excluding hydrogens is 354 g/mol. The Morgan fingerprint density at radius 2 is 2.04 bits per heavy atom. The first-order chi connectivity index (χ1) is 13.3. The number of nitrogens with zero attached hydrogens (tertiary/aromatic N) is 2. The molecule has 4 nitrogen and oxygen atoms in total. The molecule has 1 atom stereocenters. The summed E-state index contributed by atoms with van der Waals surface area (Å²) in [6.07, 6.45) is 10.3. The molecule has 27 heavy (non-hydrogen) atoms. The van der Waals surface area contributed by atoms with E-state index >= 15 is 0 Å². The highest BCUT2D eigenvalue weighted by molar-refractivity contribution is 7.10. The molecule has 4 rings (SSSR count). The summed E-state index contributed by atoms with van der Waals surface area (Å²) in [5.41, 5.74) is 1.33. The molecule has 0 spiro atoms. The molecule has 0 bridgehead atoms. The molecule has 2 aromatic heterocycles. The number of rotatable bonds is 8. The fourth-order valence-corrected chi connectivity index (χ4v) is 4.52. The first kappa shape index (κ1) is 18.3. The zero-order valence-corrected chi connectivity index (χ0v) is 16.6. The molecule has 0 radical (unpaired) electrons. The lowest BCUT2D eigenvalue weighted by molar-refractivity contribution is 0.210. The van der Waals surface area contributed by atoms with Crippen LogP contribution in [0, 0.1) is 0 Å². The summed E-state index contributed by atoms with van der Waals surface area (Å²) in [6, 6.07) is 13.0. The van der Waals surface area contributed by atoms with E-state index in [0.717, 1.165) is 24.5 Å². The highest BCUT2D eigenvalue weighted by Crippen LogP contribution is 2.26. The molecule has 1 aliphatic carbocycles. The molecule has 5 heteroatoms. The first-order valence-corrected chi connectivity index (χ1v) is 10.7. The van der Waals surface area contributed by atoms with Crippen LogP contribution in [0.15, 0.2) is 54.2 Å². The molecule has 1 saturated carbocycles. The van der Waals surface area contributed by atoms with Gasteiger partial charge in [-0.25, -0.2) is 4.98 Å². The Morgan fingerprint density at radius 1 is 1.22 bits per heavy atom. The maximum absolute atomic E-state index is 6.06. The van der Waals surface area contributed by atoms with Crippen LogP contribution in [0.1, 0.15) is 48.0 Å². The molecule has 2 heterocycles. The van der Waals surface area contributed by atoms with Crippen molar-refractivity contribution >= 4 is 11.3 Å². The lowest BCUT2D eigenvalue weighted by atomic mass is 10.1. The number of imidazole rings is 1. The SMILES string of the molecule is Cn1ccnc1[C@H](NCCc1ccc(OC2CCCC2)cc1)c1cccs1.